The predicted molar refractivity (Wildman–Crippen MR) is 132 cm³/mol. The van der Waals surface area contributed by atoms with E-state index in [1.165, 1.54) is 5.56 Å². The van der Waals surface area contributed by atoms with Gasteiger partial charge in [0, 0.05) is 56.0 Å². The molecule has 10 nitrogen and oxygen atoms in total. The number of amides is 3. The Labute approximate surface area is 203 Å². The molecule has 3 N–H and O–H groups in total. The van der Waals surface area contributed by atoms with E-state index in [4.69, 9.17) is 4.98 Å². The summed E-state index contributed by atoms with van der Waals surface area (Å²) in [7, 11) is 2.17. The Morgan fingerprint density at radius 2 is 1.94 bits per heavy atom. The van der Waals surface area contributed by atoms with Crippen LogP contribution >= 0.6 is 0 Å². The summed E-state index contributed by atoms with van der Waals surface area (Å²) in [5.41, 5.74) is 4.59. The zero-order chi connectivity index (χ0) is 23.9. The second kappa shape index (κ2) is 8.79. The number of urea groups is 1. The fraction of sp³-hybridized carbons (Fsp3) is 0.360. The quantitative estimate of drug-likeness (QED) is 0.372. The third-order valence-corrected chi connectivity index (χ3v) is 6.67. The van der Waals surface area contributed by atoms with E-state index in [9.17, 15) is 9.59 Å². The fourth-order valence-electron chi connectivity index (χ4n) is 4.50. The molecule has 2 aliphatic heterocycles. The lowest BCUT2D eigenvalue weighted by Gasteiger charge is -2.32. The first-order valence-electron chi connectivity index (χ1n) is 12.0. The highest BCUT2D eigenvalue weighted by molar-refractivity contribution is 6.14. The molecule has 2 saturated heterocycles. The van der Waals surface area contributed by atoms with Crippen LogP contribution < -0.4 is 16.0 Å². The molecule has 0 unspecified atom stereocenters. The molecule has 0 radical (unpaired) electrons. The van der Waals surface area contributed by atoms with Gasteiger partial charge in [0.1, 0.15) is 11.5 Å². The molecular formula is C25H28N8O2. The largest absolute Gasteiger partial charge is 0.367 e. The van der Waals surface area contributed by atoms with Gasteiger partial charge >= 0.3 is 6.03 Å². The molecule has 1 aliphatic carbocycles. The Morgan fingerprint density at radius 1 is 1.11 bits per heavy atom. The molecule has 0 atom stereocenters. The topological polar surface area (TPSA) is 107 Å². The maximum absolute atomic E-state index is 12.0. The van der Waals surface area contributed by atoms with Crippen LogP contribution in [-0.4, -0.2) is 75.6 Å². The fourth-order valence-corrected chi connectivity index (χ4v) is 4.50. The van der Waals surface area contributed by atoms with Gasteiger partial charge in [-0.1, -0.05) is 18.2 Å². The number of aromatic nitrogens is 3. The van der Waals surface area contributed by atoms with Gasteiger partial charge in [0.25, 0.3) is 5.91 Å². The van der Waals surface area contributed by atoms with Crippen molar-refractivity contribution in [2.45, 2.75) is 25.4 Å². The summed E-state index contributed by atoms with van der Waals surface area (Å²) in [6.45, 7) is 5.23. The molecule has 3 aliphatic rings. The van der Waals surface area contributed by atoms with E-state index in [1.54, 1.807) is 16.8 Å². The number of rotatable bonds is 6. The number of nitrogens with zero attached hydrogens (tertiary/aromatic N) is 5. The summed E-state index contributed by atoms with van der Waals surface area (Å²) in [5, 5.41) is 12.8. The van der Waals surface area contributed by atoms with E-state index in [-0.39, 0.29) is 5.70 Å². The first kappa shape index (κ1) is 21.8. The molecule has 1 aromatic carbocycles. The highest BCUT2D eigenvalue weighted by Crippen LogP contribution is 2.29. The number of hydrogen-bond acceptors (Lipinski definition) is 7. The highest BCUT2D eigenvalue weighted by Gasteiger charge is 2.25. The Kier molecular flexibility index (Phi) is 5.46. The summed E-state index contributed by atoms with van der Waals surface area (Å²) >= 11 is 0. The van der Waals surface area contributed by atoms with Gasteiger partial charge in [-0.25, -0.2) is 9.78 Å². The van der Waals surface area contributed by atoms with Crippen molar-refractivity contribution in [3.8, 4) is 11.3 Å². The summed E-state index contributed by atoms with van der Waals surface area (Å²) in [6.07, 6.45) is 5.54. The molecule has 3 amide bonds. The van der Waals surface area contributed by atoms with Gasteiger partial charge in [0.2, 0.25) is 0 Å². The van der Waals surface area contributed by atoms with Crippen molar-refractivity contribution in [2.75, 3.05) is 38.5 Å². The molecule has 4 heterocycles. The van der Waals surface area contributed by atoms with E-state index < -0.39 is 11.9 Å². The van der Waals surface area contributed by atoms with Crippen molar-refractivity contribution in [2.24, 2.45) is 0 Å². The van der Waals surface area contributed by atoms with Crippen LogP contribution in [-0.2, 0) is 11.3 Å². The molecule has 1 saturated carbocycles. The Bertz CT molecular complexity index is 1330. The van der Waals surface area contributed by atoms with Crippen LogP contribution in [0.2, 0.25) is 0 Å². The van der Waals surface area contributed by atoms with Crippen molar-refractivity contribution >= 4 is 29.5 Å². The number of hydrogen-bond donors (Lipinski definition) is 3. The van der Waals surface area contributed by atoms with Gasteiger partial charge in [0.15, 0.2) is 5.65 Å². The van der Waals surface area contributed by atoms with Crippen LogP contribution in [0.1, 0.15) is 24.0 Å². The third-order valence-electron chi connectivity index (χ3n) is 6.67. The van der Waals surface area contributed by atoms with Crippen molar-refractivity contribution in [3.05, 3.63) is 53.4 Å². The van der Waals surface area contributed by atoms with Crippen LogP contribution in [0.4, 0.5) is 10.6 Å². The van der Waals surface area contributed by atoms with Crippen LogP contribution in [0.3, 0.4) is 0 Å². The number of carbonyl (C=O) groups is 2. The molecule has 0 spiro atoms. The number of likely N-dealkylation sites (N-methyl/N-ethyl adjacent to an activating group) is 1. The van der Waals surface area contributed by atoms with Crippen molar-refractivity contribution in [3.63, 3.8) is 0 Å². The normalized spacial score (nSPS) is 20.4. The van der Waals surface area contributed by atoms with E-state index in [0.29, 0.717) is 17.3 Å². The maximum atomic E-state index is 12.0. The predicted octanol–water partition coefficient (Wildman–Crippen LogP) is 1.90. The standard InChI is InChI=1S/C25H28N8O2/c1-31-7-9-32(10-8-31)15-16-3-2-4-17(11-16)20-13-22(27-19-5-6-19)33-23(28-20)18(14-26-33)12-21-24(34)30-25(35)29-21/h2-4,11-14,19,27H,5-10,15H2,1H3,(H2,29,30,34,35)/b21-12+. The molecule has 180 valence electrons. The van der Waals surface area contributed by atoms with Crippen LogP contribution in [0.15, 0.2) is 42.2 Å². The summed E-state index contributed by atoms with van der Waals surface area (Å²) in [6, 6.07) is 10.5. The summed E-state index contributed by atoms with van der Waals surface area (Å²) < 4.78 is 1.76. The van der Waals surface area contributed by atoms with Gasteiger partial charge in [-0.2, -0.15) is 9.61 Å². The Hall–Kier alpha value is -3.76. The second-order valence-electron chi connectivity index (χ2n) is 9.53. The number of anilines is 1. The first-order chi connectivity index (χ1) is 17.0. The van der Waals surface area contributed by atoms with E-state index in [1.807, 2.05) is 6.07 Å². The number of imide groups is 1. The lowest BCUT2D eigenvalue weighted by atomic mass is 10.1. The minimum Gasteiger partial charge on any atom is -0.367 e. The lowest BCUT2D eigenvalue weighted by Crippen LogP contribution is -2.43. The number of nitrogens with one attached hydrogen (secondary N) is 3. The van der Waals surface area contributed by atoms with Crippen molar-refractivity contribution < 1.29 is 9.59 Å². The van der Waals surface area contributed by atoms with Crippen LogP contribution in [0.5, 0.6) is 0 Å². The summed E-state index contributed by atoms with van der Waals surface area (Å²) in [5.74, 6) is 0.403. The minimum absolute atomic E-state index is 0.183. The molecule has 35 heavy (non-hydrogen) atoms. The number of benzene rings is 1. The molecule has 3 fully saturated rings. The van der Waals surface area contributed by atoms with Crippen molar-refractivity contribution in [1.82, 2.24) is 35.0 Å². The third kappa shape index (κ3) is 4.62. The first-order valence-corrected chi connectivity index (χ1v) is 12.0. The molecular weight excluding hydrogens is 444 g/mol. The van der Waals surface area contributed by atoms with Gasteiger partial charge < -0.3 is 15.5 Å². The van der Waals surface area contributed by atoms with Gasteiger partial charge in [-0.05, 0) is 37.6 Å². The maximum Gasteiger partial charge on any atom is 0.326 e. The lowest BCUT2D eigenvalue weighted by molar-refractivity contribution is -0.115. The zero-order valence-electron chi connectivity index (χ0n) is 19.6. The van der Waals surface area contributed by atoms with Crippen LogP contribution in [0, 0.1) is 0 Å². The minimum atomic E-state index is -0.528. The average molecular weight is 473 g/mol. The average Bonchev–Trinajstić information content (AvgIpc) is 3.48. The number of piperazine rings is 1. The second-order valence-corrected chi connectivity index (χ2v) is 9.53. The molecule has 10 heteroatoms. The Balaban J connectivity index is 1.36. The summed E-state index contributed by atoms with van der Waals surface area (Å²) in [4.78, 5) is 33.4. The van der Waals surface area contributed by atoms with E-state index >= 15 is 0 Å². The number of carbonyl (C=O) groups excluding carboxylic acids is 2. The zero-order valence-corrected chi connectivity index (χ0v) is 19.6. The van der Waals surface area contributed by atoms with Crippen LogP contribution in [0.25, 0.3) is 23.0 Å². The number of fused-ring (bicyclic) bond motifs is 1. The molecule has 3 aromatic rings. The highest BCUT2D eigenvalue weighted by atomic mass is 16.2. The molecule has 0 bridgehead atoms. The smallest absolute Gasteiger partial charge is 0.326 e. The van der Waals surface area contributed by atoms with E-state index in [2.05, 4.69) is 62.2 Å². The monoisotopic (exact) mass is 472 g/mol. The van der Waals surface area contributed by atoms with E-state index in [0.717, 1.165) is 62.6 Å². The van der Waals surface area contributed by atoms with Gasteiger partial charge in [-0.3, -0.25) is 15.0 Å². The molecule has 2 aromatic heterocycles. The van der Waals surface area contributed by atoms with Gasteiger partial charge in [0.05, 0.1) is 11.9 Å². The van der Waals surface area contributed by atoms with Gasteiger partial charge in [-0.15, -0.1) is 0 Å². The Morgan fingerprint density at radius 3 is 2.69 bits per heavy atom. The van der Waals surface area contributed by atoms with Crippen molar-refractivity contribution in [1.29, 1.82) is 0 Å². The molecule has 6 rings (SSSR count). The SMILES string of the molecule is CN1CCN(Cc2cccc(-c3cc(NC4CC4)n4ncc(/C=C5/NC(=O)NC5=O)c4n3)c2)CC1.